The maximum atomic E-state index is 13.1. The van der Waals surface area contributed by atoms with Crippen molar-refractivity contribution < 1.29 is 80.2 Å². The second-order valence-corrected chi connectivity index (χ2v) is 31.2. The van der Waals surface area contributed by atoms with E-state index in [0.29, 0.717) is 25.7 Å². The van der Waals surface area contributed by atoms with Gasteiger partial charge in [0.1, 0.15) is 19.3 Å². The SMILES string of the molecule is CCCCCC/C=C\C=C/CCCCCCCC(=O)OC[C@H](COP(=O)(O)OC[C@@H](O)COP(=O)(O)OC[C@@H](COC(=O)CCCCCCCCC)OC(=O)CCCCCCCCCCCCCCCCC)OC(=O)CCCCCCCCCCCCCCCCCCCCC(C)C. The Hall–Kier alpha value is -2.46. The lowest BCUT2D eigenvalue weighted by molar-refractivity contribution is -0.161. The molecule has 0 heterocycles. The Morgan fingerprint density at radius 3 is 0.837 bits per heavy atom. The normalized spacial score (nSPS) is 14.1. The van der Waals surface area contributed by atoms with E-state index >= 15 is 0 Å². The molecule has 5 atom stereocenters. The van der Waals surface area contributed by atoms with E-state index < -0.39 is 97.5 Å². The van der Waals surface area contributed by atoms with Crippen LogP contribution in [0, 0.1) is 5.92 Å². The molecule has 0 aliphatic carbocycles. The van der Waals surface area contributed by atoms with E-state index in [1.807, 2.05) is 0 Å². The second kappa shape index (κ2) is 71.5. The van der Waals surface area contributed by atoms with Crippen molar-refractivity contribution in [3.05, 3.63) is 24.3 Å². The van der Waals surface area contributed by atoms with Gasteiger partial charge in [-0.15, -0.1) is 0 Å². The molecule has 0 aromatic heterocycles. The Kier molecular flexibility index (Phi) is 69.7. The van der Waals surface area contributed by atoms with Crippen LogP contribution in [-0.4, -0.2) is 96.7 Å². The van der Waals surface area contributed by atoms with E-state index in [-0.39, 0.29) is 25.7 Å². The molecule has 0 rings (SSSR count). The summed E-state index contributed by atoms with van der Waals surface area (Å²) in [5, 5.41) is 10.6. The smallest absolute Gasteiger partial charge is 0.462 e. The van der Waals surface area contributed by atoms with Crippen molar-refractivity contribution in [2.24, 2.45) is 5.92 Å². The van der Waals surface area contributed by atoms with Crippen LogP contribution in [-0.2, 0) is 65.4 Å². The molecule has 0 aromatic rings. The molecular formula is C79H150O17P2. The van der Waals surface area contributed by atoms with Crippen LogP contribution in [0.2, 0.25) is 0 Å². The number of phosphoric ester groups is 2. The standard InChI is InChI=1S/C79H150O17P2/c1-6-9-12-15-18-20-22-24-30-35-39-43-48-53-58-63-77(82)90-69-75(96-79(84)65-60-55-50-45-41-37-33-29-27-26-28-32-34-38-42-47-51-56-61-72(4)5)71-94-98(87,88)92-67-73(80)66-91-97(85,86)93-70-74(68-89-76(81)62-57-52-46-17-14-11-8-3)95-78(83)64-59-54-49-44-40-36-31-25-23-21-19-16-13-10-7-2/h20,22,24,30,72-75,80H,6-19,21,23,25-29,31-71H2,1-5H3,(H,85,86)(H,87,88)/b22-20-,30-24-/t73-,74+,75+/m0/s1. The summed E-state index contributed by atoms with van der Waals surface area (Å²) in [5.41, 5.74) is 0. The molecular weight excluding hydrogens is 1280 g/mol. The van der Waals surface area contributed by atoms with Gasteiger partial charge in [-0.2, -0.15) is 0 Å². The molecule has 0 fully saturated rings. The van der Waals surface area contributed by atoms with Crippen LogP contribution in [0.25, 0.3) is 0 Å². The van der Waals surface area contributed by atoms with Crippen molar-refractivity contribution in [2.45, 2.75) is 412 Å². The van der Waals surface area contributed by atoms with E-state index in [2.05, 4.69) is 58.9 Å². The van der Waals surface area contributed by atoms with Gasteiger partial charge in [-0.3, -0.25) is 37.3 Å². The van der Waals surface area contributed by atoms with E-state index in [1.54, 1.807) is 0 Å². The summed E-state index contributed by atoms with van der Waals surface area (Å²) >= 11 is 0. The summed E-state index contributed by atoms with van der Waals surface area (Å²) in [4.78, 5) is 72.8. The fourth-order valence-electron chi connectivity index (χ4n) is 11.7. The molecule has 19 heteroatoms. The molecule has 3 N–H and O–H groups in total. The predicted octanol–water partition coefficient (Wildman–Crippen LogP) is 23.2. The van der Waals surface area contributed by atoms with Gasteiger partial charge in [-0.25, -0.2) is 9.13 Å². The zero-order valence-corrected chi connectivity index (χ0v) is 65.2. The molecule has 17 nitrogen and oxygen atoms in total. The maximum absolute atomic E-state index is 13.1. The van der Waals surface area contributed by atoms with Crippen LogP contribution in [0.15, 0.2) is 24.3 Å². The van der Waals surface area contributed by atoms with Gasteiger partial charge in [0.05, 0.1) is 26.4 Å². The van der Waals surface area contributed by atoms with Gasteiger partial charge in [0, 0.05) is 25.7 Å². The second-order valence-electron chi connectivity index (χ2n) is 28.2. The molecule has 0 bridgehead atoms. The topological polar surface area (TPSA) is 237 Å². The molecule has 0 amide bonds. The number of phosphoric acid groups is 2. The maximum Gasteiger partial charge on any atom is 0.472 e. The molecule has 0 spiro atoms. The molecule has 0 aliphatic rings. The van der Waals surface area contributed by atoms with Crippen molar-refractivity contribution in [3.63, 3.8) is 0 Å². The van der Waals surface area contributed by atoms with E-state index in [0.717, 1.165) is 128 Å². The first-order valence-corrected chi connectivity index (χ1v) is 43.4. The lowest BCUT2D eigenvalue weighted by atomic mass is 10.0. The van der Waals surface area contributed by atoms with Crippen molar-refractivity contribution >= 4 is 39.5 Å². The van der Waals surface area contributed by atoms with E-state index in [9.17, 15) is 43.2 Å². The Bertz CT molecular complexity index is 1970. The highest BCUT2D eigenvalue weighted by Gasteiger charge is 2.30. The lowest BCUT2D eigenvalue weighted by Gasteiger charge is -2.21. The summed E-state index contributed by atoms with van der Waals surface area (Å²) in [6.07, 6.45) is 64.8. The van der Waals surface area contributed by atoms with Crippen molar-refractivity contribution in [1.82, 2.24) is 0 Å². The van der Waals surface area contributed by atoms with Crippen LogP contribution in [0.4, 0.5) is 0 Å². The Balaban J connectivity index is 5.20. The van der Waals surface area contributed by atoms with Gasteiger partial charge in [-0.1, -0.05) is 341 Å². The number of aliphatic hydroxyl groups excluding tert-OH is 1. The lowest BCUT2D eigenvalue weighted by Crippen LogP contribution is -2.30. The van der Waals surface area contributed by atoms with Gasteiger partial charge in [0.25, 0.3) is 0 Å². The van der Waals surface area contributed by atoms with Gasteiger partial charge in [0.15, 0.2) is 12.2 Å². The van der Waals surface area contributed by atoms with Crippen molar-refractivity contribution in [3.8, 4) is 0 Å². The number of unbranched alkanes of at least 4 members (excludes halogenated alkanes) is 46. The highest BCUT2D eigenvalue weighted by Crippen LogP contribution is 2.45. The largest absolute Gasteiger partial charge is 0.472 e. The number of hydrogen-bond acceptors (Lipinski definition) is 15. The van der Waals surface area contributed by atoms with Gasteiger partial charge < -0.3 is 33.8 Å². The average molecular weight is 1430 g/mol. The number of aliphatic hydroxyl groups is 1. The molecule has 0 aliphatic heterocycles. The molecule has 2 unspecified atom stereocenters. The van der Waals surface area contributed by atoms with Crippen LogP contribution >= 0.6 is 15.6 Å². The van der Waals surface area contributed by atoms with Gasteiger partial charge >= 0.3 is 39.5 Å². The summed E-state index contributed by atoms with van der Waals surface area (Å²) < 4.78 is 68.5. The van der Waals surface area contributed by atoms with Crippen molar-refractivity contribution in [2.75, 3.05) is 39.6 Å². The van der Waals surface area contributed by atoms with Crippen LogP contribution in [0.1, 0.15) is 394 Å². The molecule has 0 saturated heterocycles. The minimum atomic E-state index is -4.97. The zero-order chi connectivity index (χ0) is 71.9. The van der Waals surface area contributed by atoms with E-state index in [4.69, 9.17) is 37.0 Å². The monoisotopic (exact) mass is 1430 g/mol. The third-order valence-electron chi connectivity index (χ3n) is 17.9. The Morgan fingerprint density at radius 2 is 0.551 bits per heavy atom. The summed E-state index contributed by atoms with van der Waals surface area (Å²) in [6, 6.07) is 0. The van der Waals surface area contributed by atoms with Crippen LogP contribution in [0.5, 0.6) is 0 Å². The number of hydrogen-bond donors (Lipinski definition) is 3. The van der Waals surface area contributed by atoms with E-state index in [1.165, 1.54) is 186 Å². The summed E-state index contributed by atoms with van der Waals surface area (Å²) in [6.45, 7) is 7.24. The number of allylic oxidation sites excluding steroid dienone is 4. The fourth-order valence-corrected chi connectivity index (χ4v) is 13.3. The number of carbonyl (C=O) groups is 4. The highest BCUT2D eigenvalue weighted by atomic mass is 31.2. The molecule has 0 saturated carbocycles. The van der Waals surface area contributed by atoms with Crippen LogP contribution in [0.3, 0.4) is 0 Å². The minimum Gasteiger partial charge on any atom is -0.462 e. The number of ether oxygens (including phenoxy) is 4. The third kappa shape index (κ3) is 71.9. The fraction of sp³-hybridized carbons (Fsp3) is 0.899. The summed E-state index contributed by atoms with van der Waals surface area (Å²) in [7, 11) is -9.92. The average Bonchev–Trinajstić information content (AvgIpc) is 1.03. The predicted molar refractivity (Wildman–Crippen MR) is 400 cm³/mol. The van der Waals surface area contributed by atoms with Gasteiger partial charge in [-0.05, 0) is 57.3 Å². The quantitative estimate of drug-likeness (QED) is 0.0169. The number of esters is 4. The van der Waals surface area contributed by atoms with Crippen LogP contribution < -0.4 is 0 Å². The molecule has 0 aromatic carbocycles. The molecule has 578 valence electrons. The first kappa shape index (κ1) is 95.5. The molecule has 98 heavy (non-hydrogen) atoms. The number of rotatable bonds is 77. The van der Waals surface area contributed by atoms with Crippen molar-refractivity contribution in [1.29, 1.82) is 0 Å². The van der Waals surface area contributed by atoms with Gasteiger partial charge in [0.2, 0.25) is 0 Å². The highest BCUT2D eigenvalue weighted by molar-refractivity contribution is 7.47. The first-order chi connectivity index (χ1) is 47.5. The number of carbonyl (C=O) groups excluding carboxylic acids is 4. The minimum absolute atomic E-state index is 0.102. The Morgan fingerprint density at radius 1 is 0.316 bits per heavy atom. The summed E-state index contributed by atoms with van der Waals surface area (Å²) in [5.74, 6) is -1.33. The molecule has 0 radical (unpaired) electrons. The Labute approximate surface area is 599 Å². The zero-order valence-electron chi connectivity index (χ0n) is 63.4. The first-order valence-electron chi connectivity index (χ1n) is 40.5. The third-order valence-corrected chi connectivity index (χ3v) is 19.8.